The summed E-state index contributed by atoms with van der Waals surface area (Å²) < 4.78 is 5.69. The molecule has 0 aliphatic carbocycles. The molecular weight excluding hydrogens is 323 g/mol. The summed E-state index contributed by atoms with van der Waals surface area (Å²) in [6.07, 6.45) is 2.37. The summed E-state index contributed by atoms with van der Waals surface area (Å²) >= 11 is 12.1. The van der Waals surface area contributed by atoms with Gasteiger partial charge in [0.15, 0.2) is 0 Å². The highest BCUT2D eigenvalue weighted by atomic mass is 35.5. The van der Waals surface area contributed by atoms with E-state index < -0.39 is 0 Å². The van der Waals surface area contributed by atoms with E-state index in [0.717, 1.165) is 18.7 Å². The first-order valence-electron chi connectivity index (χ1n) is 7.39. The van der Waals surface area contributed by atoms with Gasteiger partial charge in [-0.1, -0.05) is 34.4 Å². The van der Waals surface area contributed by atoms with Crippen LogP contribution in [-0.4, -0.2) is 23.3 Å². The Kier molecular flexibility index (Phi) is 4.86. The van der Waals surface area contributed by atoms with Crippen molar-refractivity contribution >= 4 is 29.2 Å². The van der Waals surface area contributed by atoms with Gasteiger partial charge in [0, 0.05) is 29.2 Å². The fourth-order valence-corrected chi connectivity index (χ4v) is 3.13. The van der Waals surface area contributed by atoms with Crippen molar-refractivity contribution in [3.05, 3.63) is 39.7 Å². The molecule has 1 saturated heterocycles. The van der Waals surface area contributed by atoms with Crippen LogP contribution in [0, 0.1) is 0 Å². The summed E-state index contributed by atoms with van der Waals surface area (Å²) in [6, 6.07) is 6.18. The van der Waals surface area contributed by atoms with Gasteiger partial charge in [-0.05, 0) is 37.5 Å². The number of anilines is 1. The maximum absolute atomic E-state index is 6.21. The Balaban J connectivity index is 1.59. The Morgan fingerprint density at radius 3 is 2.77 bits per heavy atom. The van der Waals surface area contributed by atoms with Gasteiger partial charge in [0.2, 0.25) is 5.89 Å². The van der Waals surface area contributed by atoms with E-state index in [1.165, 1.54) is 12.8 Å². The lowest BCUT2D eigenvalue weighted by Gasteiger charge is -2.14. The second kappa shape index (κ2) is 6.86. The molecule has 1 aliphatic heterocycles. The second-order valence-corrected chi connectivity index (χ2v) is 6.28. The smallest absolute Gasteiger partial charge is 0.318 e. The van der Waals surface area contributed by atoms with Crippen LogP contribution in [0.1, 0.15) is 37.3 Å². The molecule has 1 unspecified atom stereocenters. The van der Waals surface area contributed by atoms with E-state index in [-0.39, 0.29) is 6.04 Å². The predicted molar refractivity (Wildman–Crippen MR) is 87.5 cm³/mol. The molecule has 118 valence electrons. The quantitative estimate of drug-likeness (QED) is 0.896. The number of aromatic nitrogens is 2. The fourth-order valence-electron chi connectivity index (χ4n) is 2.56. The number of benzene rings is 1. The summed E-state index contributed by atoms with van der Waals surface area (Å²) in [7, 11) is 0. The maximum Gasteiger partial charge on any atom is 0.318 e. The van der Waals surface area contributed by atoms with Crippen molar-refractivity contribution in [1.82, 2.24) is 15.5 Å². The molecule has 0 saturated carbocycles. The highest BCUT2D eigenvalue weighted by molar-refractivity contribution is 6.35. The molecule has 2 heterocycles. The van der Waals surface area contributed by atoms with Crippen LogP contribution >= 0.6 is 23.2 Å². The van der Waals surface area contributed by atoms with E-state index in [9.17, 15) is 0 Å². The third-order valence-electron chi connectivity index (χ3n) is 3.82. The zero-order chi connectivity index (χ0) is 15.5. The topological polar surface area (TPSA) is 54.2 Å². The molecule has 1 aromatic heterocycles. The first-order valence-corrected chi connectivity index (χ1v) is 8.15. The number of rotatable bonds is 5. The summed E-state index contributed by atoms with van der Waals surface area (Å²) in [5, 5.41) is 12.8. The van der Waals surface area contributed by atoms with Crippen LogP contribution in [0.25, 0.3) is 0 Å². The third kappa shape index (κ3) is 3.54. The van der Waals surface area contributed by atoms with Gasteiger partial charge < -0.3 is 14.6 Å². The molecule has 2 aromatic rings. The Morgan fingerprint density at radius 2 is 2.05 bits per heavy atom. The highest BCUT2D eigenvalue weighted by Gasteiger charge is 2.18. The van der Waals surface area contributed by atoms with Crippen LogP contribution in [0.3, 0.4) is 0 Å². The molecular formula is C15H18Cl2N4O. The lowest BCUT2D eigenvalue weighted by molar-refractivity contribution is 0.446. The van der Waals surface area contributed by atoms with E-state index in [2.05, 4.69) is 20.4 Å². The van der Waals surface area contributed by atoms with Gasteiger partial charge >= 0.3 is 6.01 Å². The molecule has 1 atom stereocenters. The van der Waals surface area contributed by atoms with Crippen LogP contribution in [0.5, 0.6) is 0 Å². The SMILES string of the molecule is CC(NCc1nnc(N2CCCC2)o1)c1ccc(Cl)cc1Cl. The molecule has 3 rings (SSSR count). The molecule has 0 amide bonds. The van der Waals surface area contributed by atoms with E-state index >= 15 is 0 Å². The van der Waals surface area contributed by atoms with E-state index in [1.54, 1.807) is 6.07 Å². The molecule has 7 heteroatoms. The first-order chi connectivity index (χ1) is 10.6. The van der Waals surface area contributed by atoms with E-state index in [0.29, 0.717) is 28.5 Å². The largest absolute Gasteiger partial charge is 0.407 e. The maximum atomic E-state index is 6.21. The molecule has 1 aromatic carbocycles. The number of nitrogens with zero attached hydrogens (tertiary/aromatic N) is 3. The summed E-state index contributed by atoms with van der Waals surface area (Å²) in [5.41, 5.74) is 0.991. The third-order valence-corrected chi connectivity index (χ3v) is 4.38. The zero-order valence-corrected chi connectivity index (χ0v) is 13.9. The average molecular weight is 341 g/mol. The van der Waals surface area contributed by atoms with Crippen molar-refractivity contribution in [2.45, 2.75) is 32.4 Å². The van der Waals surface area contributed by atoms with Crippen molar-refractivity contribution in [2.24, 2.45) is 0 Å². The van der Waals surface area contributed by atoms with Crippen LogP contribution < -0.4 is 10.2 Å². The minimum Gasteiger partial charge on any atom is -0.407 e. The van der Waals surface area contributed by atoms with Crippen LogP contribution in [0.15, 0.2) is 22.6 Å². The Morgan fingerprint density at radius 1 is 1.27 bits per heavy atom. The standard InChI is InChI=1S/C15H18Cl2N4O/c1-10(12-5-4-11(16)8-13(12)17)18-9-14-19-20-15(22-14)21-6-2-3-7-21/h4-5,8,10,18H,2-3,6-7,9H2,1H3. The summed E-state index contributed by atoms with van der Waals surface area (Å²) in [5.74, 6) is 0.582. The van der Waals surface area contributed by atoms with Crippen molar-refractivity contribution < 1.29 is 4.42 Å². The van der Waals surface area contributed by atoms with Gasteiger partial charge in [-0.3, -0.25) is 0 Å². The lowest BCUT2D eigenvalue weighted by Crippen LogP contribution is -2.19. The van der Waals surface area contributed by atoms with Crippen LogP contribution in [-0.2, 0) is 6.54 Å². The predicted octanol–water partition coefficient (Wildman–Crippen LogP) is 3.83. The first kappa shape index (κ1) is 15.6. The lowest BCUT2D eigenvalue weighted by atomic mass is 10.1. The monoisotopic (exact) mass is 340 g/mol. The molecule has 5 nitrogen and oxygen atoms in total. The summed E-state index contributed by atoms with van der Waals surface area (Å²) in [4.78, 5) is 2.12. The average Bonchev–Trinajstić information content (AvgIpc) is 3.16. The minimum atomic E-state index is 0.0619. The van der Waals surface area contributed by atoms with E-state index in [4.69, 9.17) is 27.6 Å². The van der Waals surface area contributed by atoms with Crippen molar-refractivity contribution in [3.63, 3.8) is 0 Å². The number of halogens is 2. The van der Waals surface area contributed by atoms with Gasteiger partial charge in [0.25, 0.3) is 0 Å². The van der Waals surface area contributed by atoms with Gasteiger partial charge in [0.05, 0.1) is 6.54 Å². The van der Waals surface area contributed by atoms with Gasteiger partial charge in [-0.25, -0.2) is 0 Å². The number of hydrogen-bond donors (Lipinski definition) is 1. The Labute approximate surface area is 139 Å². The molecule has 0 spiro atoms. The van der Waals surface area contributed by atoms with Crippen LogP contribution in [0.2, 0.25) is 10.0 Å². The molecule has 22 heavy (non-hydrogen) atoms. The molecule has 1 N–H and O–H groups in total. The Bertz CT molecular complexity index is 640. The van der Waals surface area contributed by atoms with Crippen molar-refractivity contribution in [3.8, 4) is 0 Å². The van der Waals surface area contributed by atoms with E-state index in [1.807, 2.05) is 19.1 Å². The normalized spacial score (nSPS) is 16.2. The Hall–Kier alpha value is -1.30. The van der Waals surface area contributed by atoms with Gasteiger partial charge in [-0.2, -0.15) is 0 Å². The molecule has 0 bridgehead atoms. The number of hydrogen-bond acceptors (Lipinski definition) is 5. The molecule has 1 fully saturated rings. The highest BCUT2D eigenvalue weighted by Crippen LogP contribution is 2.26. The minimum absolute atomic E-state index is 0.0619. The molecule has 0 radical (unpaired) electrons. The van der Waals surface area contributed by atoms with Crippen molar-refractivity contribution in [2.75, 3.05) is 18.0 Å². The zero-order valence-electron chi connectivity index (χ0n) is 12.4. The van der Waals surface area contributed by atoms with Gasteiger partial charge in [-0.15, -0.1) is 5.10 Å². The summed E-state index contributed by atoms with van der Waals surface area (Å²) in [6.45, 7) is 4.52. The van der Waals surface area contributed by atoms with Crippen molar-refractivity contribution in [1.29, 1.82) is 0 Å². The molecule has 1 aliphatic rings. The van der Waals surface area contributed by atoms with Gasteiger partial charge in [0.1, 0.15) is 0 Å². The number of nitrogens with one attached hydrogen (secondary N) is 1. The van der Waals surface area contributed by atoms with Crippen LogP contribution in [0.4, 0.5) is 6.01 Å². The second-order valence-electron chi connectivity index (χ2n) is 5.44. The fraction of sp³-hybridized carbons (Fsp3) is 0.467.